The highest BCUT2D eigenvalue weighted by atomic mass is 16.1. The van der Waals surface area contributed by atoms with Crippen LogP contribution in [0.2, 0.25) is 0 Å². The molecule has 0 spiro atoms. The molecule has 0 saturated heterocycles. The monoisotopic (exact) mass is 241 g/mol. The molecule has 100 valence electrons. The minimum Gasteiger partial charge on any atom is -0.300 e. The minimum atomic E-state index is -1.97. The van der Waals surface area contributed by atoms with Gasteiger partial charge in [-0.15, -0.1) is 0 Å². The molecule has 0 amide bonds. The second-order valence-electron chi connectivity index (χ2n) is 5.51. The first-order valence-electron chi connectivity index (χ1n) is 9.02. The van der Waals surface area contributed by atoms with Gasteiger partial charge in [0, 0.05) is 17.0 Å². The fourth-order valence-corrected chi connectivity index (χ4v) is 2.61. The first-order valence-corrected chi connectivity index (χ1v) is 7.52. The second kappa shape index (κ2) is 9.67. The number of hydrogen-bond acceptors (Lipinski definition) is 1. The Balaban J connectivity index is 2.47. The Kier molecular flexibility index (Phi) is 6.02. The molecule has 1 unspecified atom stereocenters. The molecule has 0 aliphatic heterocycles. The van der Waals surface area contributed by atoms with E-state index < -0.39 is 12.8 Å². The summed E-state index contributed by atoms with van der Waals surface area (Å²) in [5, 5.41) is 0. The van der Waals surface area contributed by atoms with Gasteiger partial charge >= 0.3 is 0 Å². The number of rotatable bonds is 0. The summed E-state index contributed by atoms with van der Waals surface area (Å²) in [6.45, 7) is -1.97. The molecule has 1 nitrogen and oxygen atoms in total. The van der Waals surface area contributed by atoms with Crippen molar-refractivity contribution in [2.75, 3.05) is 0 Å². The summed E-state index contributed by atoms with van der Waals surface area (Å²) >= 11 is 0. The fraction of sp³-hybridized carbons (Fsp3) is 0.938. The number of Topliss-reactive ketones (excluding diaryl/α,β-unsaturated/α-hetero) is 1. The molecular weight excluding hydrogens is 208 g/mol. The van der Waals surface area contributed by atoms with Gasteiger partial charge in [-0.2, -0.15) is 0 Å². The number of carbonyl (C=O) groups is 1. The number of carbonyl (C=O) groups excluding carboxylic acids is 1. The van der Waals surface area contributed by atoms with Gasteiger partial charge in [-0.05, 0) is 12.3 Å². The lowest BCUT2D eigenvalue weighted by Crippen LogP contribution is -2.05. The lowest BCUT2D eigenvalue weighted by atomic mass is 9.95. The van der Waals surface area contributed by atoms with E-state index in [1.807, 2.05) is 0 Å². The molecule has 0 radical (unpaired) electrons. The van der Waals surface area contributed by atoms with Crippen molar-refractivity contribution in [1.82, 2.24) is 0 Å². The van der Waals surface area contributed by atoms with E-state index in [4.69, 9.17) is 4.11 Å². The Hall–Kier alpha value is -0.330. The maximum atomic E-state index is 11.9. The van der Waals surface area contributed by atoms with Crippen molar-refractivity contribution in [3.63, 3.8) is 0 Å². The molecule has 17 heavy (non-hydrogen) atoms. The molecule has 1 saturated carbocycles. The Morgan fingerprint density at radius 2 is 1.41 bits per heavy atom. The summed E-state index contributed by atoms with van der Waals surface area (Å²) in [6, 6.07) is 0. The van der Waals surface area contributed by atoms with E-state index in [0.717, 1.165) is 25.7 Å². The average molecular weight is 241 g/mol. The second-order valence-corrected chi connectivity index (χ2v) is 5.51. The van der Waals surface area contributed by atoms with E-state index in [1.54, 1.807) is 0 Å². The molecule has 0 bridgehead atoms. The summed E-state index contributed by atoms with van der Waals surface area (Å²) < 4.78 is 22.8. The molecule has 0 aromatic heterocycles. The first-order chi connectivity index (χ1) is 9.50. The van der Waals surface area contributed by atoms with Crippen molar-refractivity contribution in [2.45, 2.75) is 90.3 Å². The van der Waals surface area contributed by atoms with E-state index in [1.165, 1.54) is 38.5 Å². The third kappa shape index (κ3) is 8.40. The summed E-state index contributed by atoms with van der Waals surface area (Å²) in [4.78, 5) is 11.9. The van der Waals surface area contributed by atoms with Gasteiger partial charge in [0.1, 0.15) is 5.78 Å². The van der Waals surface area contributed by atoms with Crippen LogP contribution in [0.15, 0.2) is 0 Å². The van der Waals surface area contributed by atoms with E-state index in [2.05, 4.69) is 0 Å². The summed E-state index contributed by atoms with van der Waals surface area (Å²) in [7, 11) is 0. The van der Waals surface area contributed by atoms with Gasteiger partial charge in [0.15, 0.2) is 0 Å². The van der Waals surface area contributed by atoms with Crippen LogP contribution >= 0.6 is 0 Å². The third-order valence-electron chi connectivity index (χ3n) is 3.73. The lowest BCUT2D eigenvalue weighted by molar-refractivity contribution is -0.120. The van der Waals surface area contributed by atoms with Crippen LogP contribution in [0.4, 0.5) is 0 Å². The smallest absolute Gasteiger partial charge is 0.133 e. The van der Waals surface area contributed by atoms with Crippen molar-refractivity contribution in [1.29, 1.82) is 0 Å². The van der Waals surface area contributed by atoms with Crippen molar-refractivity contribution < 1.29 is 8.91 Å². The molecule has 1 fully saturated rings. The summed E-state index contributed by atoms with van der Waals surface area (Å²) in [5.74, 6) is -0.263. The van der Waals surface area contributed by atoms with Gasteiger partial charge in [-0.1, -0.05) is 71.1 Å². The Labute approximate surface area is 112 Å². The van der Waals surface area contributed by atoms with Crippen LogP contribution < -0.4 is 0 Å². The van der Waals surface area contributed by atoms with E-state index in [-0.39, 0.29) is 12.2 Å². The highest BCUT2D eigenvalue weighted by Crippen LogP contribution is 2.18. The van der Waals surface area contributed by atoms with Gasteiger partial charge in [0.2, 0.25) is 0 Å². The molecule has 0 aromatic carbocycles. The fourth-order valence-electron chi connectivity index (χ4n) is 2.61. The highest BCUT2D eigenvalue weighted by Gasteiger charge is 2.09. The molecule has 1 aliphatic carbocycles. The molecule has 1 aliphatic rings. The van der Waals surface area contributed by atoms with Crippen molar-refractivity contribution in [3.05, 3.63) is 0 Å². The zero-order valence-corrected chi connectivity index (χ0v) is 11.2. The van der Waals surface area contributed by atoms with Crippen LogP contribution in [-0.4, -0.2) is 5.78 Å². The molecule has 0 aromatic rings. The van der Waals surface area contributed by atoms with Crippen LogP contribution in [0.5, 0.6) is 0 Å². The van der Waals surface area contributed by atoms with Gasteiger partial charge in [-0.3, -0.25) is 4.79 Å². The Morgan fingerprint density at radius 1 is 0.882 bits per heavy atom. The third-order valence-corrected chi connectivity index (χ3v) is 3.73. The van der Waals surface area contributed by atoms with Crippen molar-refractivity contribution in [2.24, 2.45) is 5.92 Å². The van der Waals surface area contributed by atoms with Crippen LogP contribution in [0, 0.1) is 5.92 Å². The van der Waals surface area contributed by atoms with Crippen molar-refractivity contribution in [3.8, 4) is 0 Å². The molecular formula is C16H30O. The van der Waals surface area contributed by atoms with Gasteiger partial charge in [-0.25, -0.2) is 0 Å². The van der Waals surface area contributed by atoms with Crippen LogP contribution in [0.1, 0.15) is 94.4 Å². The minimum absolute atomic E-state index is 0.154. The molecule has 1 heteroatoms. The topological polar surface area (TPSA) is 17.1 Å². The number of ketones is 1. The SMILES string of the molecule is [2H]C([2H])([2H])C1CCCCCCCCCCCCC(=O)C1. The zero-order chi connectivity index (χ0) is 14.8. The maximum absolute atomic E-state index is 11.9. The number of hydrogen-bond donors (Lipinski definition) is 0. The van der Waals surface area contributed by atoms with Gasteiger partial charge in [0.25, 0.3) is 0 Å². The summed E-state index contributed by atoms with van der Waals surface area (Å²) in [6.07, 6.45) is 13.2. The Morgan fingerprint density at radius 3 is 2.00 bits per heavy atom. The summed E-state index contributed by atoms with van der Waals surface area (Å²) in [5.41, 5.74) is 0. The normalized spacial score (nSPS) is 30.5. The van der Waals surface area contributed by atoms with Gasteiger partial charge in [0.05, 0.1) is 0 Å². The Bertz CT molecular complexity index is 273. The largest absolute Gasteiger partial charge is 0.300 e. The molecule has 0 N–H and O–H groups in total. The van der Waals surface area contributed by atoms with Crippen LogP contribution in [0.3, 0.4) is 0 Å². The van der Waals surface area contributed by atoms with Crippen LogP contribution in [0.25, 0.3) is 0 Å². The highest BCUT2D eigenvalue weighted by molar-refractivity contribution is 5.78. The van der Waals surface area contributed by atoms with Gasteiger partial charge < -0.3 is 0 Å². The van der Waals surface area contributed by atoms with E-state index >= 15 is 0 Å². The van der Waals surface area contributed by atoms with Crippen molar-refractivity contribution >= 4 is 5.78 Å². The first kappa shape index (κ1) is 10.6. The molecule has 0 heterocycles. The quantitative estimate of drug-likeness (QED) is 0.564. The average Bonchev–Trinajstić information content (AvgIpc) is 2.37. The predicted molar refractivity (Wildman–Crippen MR) is 74.2 cm³/mol. The molecule has 1 atom stereocenters. The van der Waals surface area contributed by atoms with E-state index in [9.17, 15) is 4.79 Å². The lowest BCUT2D eigenvalue weighted by Gasteiger charge is -2.10. The standard InChI is InChI=1S/C16H30O/c1-15-12-10-8-6-4-2-3-5-7-9-11-13-16(17)14-15/h15H,2-14H2,1H3/i1D3. The maximum Gasteiger partial charge on any atom is 0.133 e. The van der Waals surface area contributed by atoms with Crippen LogP contribution in [-0.2, 0) is 4.79 Å². The predicted octanol–water partition coefficient (Wildman–Crippen LogP) is 5.28. The molecule has 1 rings (SSSR count). The van der Waals surface area contributed by atoms with E-state index in [0.29, 0.717) is 12.8 Å². The zero-order valence-electron chi connectivity index (χ0n) is 14.2.